The maximum atomic E-state index is 12.1. The second kappa shape index (κ2) is 5.15. The molecule has 104 valence electrons. The second-order valence-electron chi connectivity index (χ2n) is 5.08. The van der Waals surface area contributed by atoms with Gasteiger partial charge in [-0.2, -0.15) is 0 Å². The Morgan fingerprint density at radius 1 is 1.44 bits per heavy atom. The summed E-state index contributed by atoms with van der Waals surface area (Å²) in [7, 11) is 1.55. The van der Waals surface area contributed by atoms with Gasteiger partial charge in [0.25, 0.3) is 0 Å². The maximum Gasteiger partial charge on any atom is 0.338 e. The molecule has 1 aliphatic heterocycles. The number of carbonyl (C=O) groups is 1. The Balaban J connectivity index is 2.07. The molecule has 0 N–H and O–H groups in total. The van der Waals surface area contributed by atoms with Gasteiger partial charge in [0, 0.05) is 25.9 Å². The van der Waals surface area contributed by atoms with Crippen LogP contribution in [0, 0.1) is 5.92 Å². The van der Waals surface area contributed by atoms with Crippen LogP contribution >= 0.6 is 0 Å². The van der Waals surface area contributed by atoms with Gasteiger partial charge < -0.3 is 18.9 Å². The average Bonchev–Trinajstić information content (AvgIpc) is 3.00. The van der Waals surface area contributed by atoms with E-state index in [0.29, 0.717) is 26.2 Å². The van der Waals surface area contributed by atoms with Crippen LogP contribution in [0.4, 0.5) is 0 Å². The lowest BCUT2D eigenvalue weighted by Gasteiger charge is -2.32. The van der Waals surface area contributed by atoms with Crippen molar-refractivity contribution in [1.82, 2.24) is 0 Å². The highest BCUT2D eigenvalue weighted by Crippen LogP contribution is 2.46. The first-order valence-corrected chi connectivity index (χ1v) is 6.56. The van der Waals surface area contributed by atoms with Crippen molar-refractivity contribution in [2.45, 2.75) is 44.5 Å². The quantitative estimate of drug-likeness (QED) is 0.715. The average molecular weight is 258 g/mol. The van der Waals surface area contributed by atoms with E-state index in [1.165, 1.54) is 0 Å². The van der Waals surface area contributed by atoms with E-state index in [1.807, 2.05) is 0 Å². The van der Waals surface area contributed by atoms with Crippen molar-refractivity contribution in [3.63, 3.8) is 0 Å². The van der Waals surface area contributed by atoms with E-state index in [9.17, 15) is 4.79 Å². The van der Waals surface area contributed by atoms with Gasteiger partial charge in [-0.15, -0.1) is 0 Å². The van der Waals surface area contributed by atoms with E-state index in [-0.39, 0.29) is 11.9 Å². The molecule has 1 saturated carbocycles. The molecule has 0 bridgehead atoms. The topological polar surface area (TPSA) is 54.0 Å². The number of esters is 1. The molecule has 2 unspecified atom stereocenters. The number of hydrogen-bond acceptors (Lipinski definition) is 5. The molecule has 2 atom stereocenters. The fourth-order valence-corrected chi connectivity index (χ4v) is 2.89. The summed E-state index contributed by atoms with van der Waals surface area (Å²) in [4.78, 5) is 12.1. The Morgan fingerprint density at radius 3 is 2.67 bits per heavy atom. The minimum atomic E-state index is -0.908. The van der Waals surface area contributed by atoms with Gasteiger partial charge in [-0.25, -0.2) is 4.79 Å². The molecule has 1 heterocycles. The largest absolute Gasteiger partial charge is 0.464 e. The highest BCUT2D eigenvalue weighted by molar-refractivity contribution is 5.79. The first kappa shape index (κ1) is 13.8. The van der Waals surface area contributed by atoms with Crippen LogP contribution in [0.1, 0.15) is 33.1 Å². The van der Waals surface area contributed by atoms with E-state index in [2.05, 4.69) is 0 Å². The molecule has 18 heavy (non-hydrogen) atoms. The van der Waals surface area contributed by atoms with Gasteiger partial charge in [0.15, 0.2) is 11.4 Å². The summed E-state index contributed by atoms with van der Waals surface area (Å²) in [6.07, 6.45) is 2.36. The molecule has 2 aliphatic rings. The van der Waals surface area contributed by atoms with Gasteiger partial charge in [0.05, 0.1) is 19.8 Å². The Labute approximate surface area is 108 Å². The number of hydrogen-bond donors (Lipinski definition) is 0. The number of ether oxygens (including phenoxy) is 4. The fraction of sp³-hybridized carbons (Fsp3) is 0.923. The van der Waals surface area contributed by atoms with Crippen molar-refractivity contribution < 1.29 is 23.7 Å². The van der Waals surface area contributed by atoms with Gasteiger partial charge in [-0.1, -0.05) is 0 Å². The zero-order chi connectivity index (χ0) is 13.2. The smallest absolute Gasteiger partial charge is 0.338 e. The van der Waals surface area contributed by atoms with Crippen molar-refractivity contribution in [1.29, 1.82) is 0 Å². The van der Waals surface area contributed by atoms with E-state index < -0.39 is 11.4 Å². The summed E-state index contributed by atoms with van der Waals surface area (Å²) in [6, 6.07) is 0. The number of methoxy groups -OCH3 is 1. The molecule has 0 aromatic carbocycles. The molecule has 0 radical (unpaired) electrons. The van der Waals surface area contributed by atoms with Crippen LogP contribution in [0.3, 0.4) is 0 Å². The van der Waals surface area contributed by atoms with Crippen molar-refractivity contribution in [3.05, 3.63) is 0 Å². The second-order valence-corrected chi connectivity index (χ2v) is 5.08. The molecule has 5 heteroatoms. The summed E-state index contributed by atoms with van der Waals surface area (Å²) >= 11 is 0. The lowest BCUT2D eigenvalue weighted by Crippen LogP contribution is -2.46. The Hall–Kier alpha value is -0.650. The van der Waals surface area contributed by atoms with Crippen LogP contribution in [-0.4, -0.2) is 44.3 Å². The monoisotopic (exact) mass is 258 g/mol. The van der Waals surface area contributed by atoms with Crippen molar-refractivity contribution in [2.75, 3.05) is 26.9 Å². The van der Waals surface area contributed by atoms with Crippen LogP contribution in [0.2, 0.25) is 0 Å². The minimum Gasteiger partial charge on any atom is -0.464 e. The summed E-state index contributed by atoms with van der Waals surface area (Å²) < 4.78 is 21.9. The molecule has 1 saturated heterocycles. The predicted molar refractivity (Wildman–Crippen MR) is 64.0 cm³/mol. The Bertz CT molecular complexity index is 311. The highest BCUT2D eigenvalue weighted by atomic mass is 16.7. The number of rotatable bonds is 4. The van der Waals surface area contributed by atoms with E-state index in [1.54, 1.807) is 21.0 Å². The van der Waals surface area contributed by atoms with Crippen molar-refractivity contribution >= 4 is 5.97 Å². The third-order valence-electron chi connectivity index (χ3n) is 4.13. The van der Waals surface area contributed by atoms with Crippen molar-refractivity contribution in [2.24, 2.45) is 5.92 Å². The predicted octanol–water partition coefficient (Wildman–Crippen LogP) is 1.50. The molecular formula is C13H22O5. The summed E-state index contributed by atoms with van der Waals surface area (Å²) in [5, 5.41) is 0. The standard InChI is InChI=1S/C13H22O5/c1-4-16-11(14)12(2,15-3)10-5-6-13(9-10)17-7-8-18-13/h10H,4-9H2,1-3H3. The van der Waals surface area contributed by atoms with Crippen LogP contribution < -0.4 is 0 Å². The van der Waals surface area contributed by atoms with Crippen molar-refractivity contribution in [3.8, 4) is 0 Å². The molecule has 1 aliphatic carbocycles. The first-order chi connectivity index (χ1) is 8.56. The molecule has 2 fully saturated rings. The normalized spacial score (nSPS) is 29.4. The molecule has 5 nitrogen and oxygen atoms in total. The molecule has 1 spiro atoms. The first-order valence-electron chi connectivity index (χ1n) is 6.56. The third kappa shape index (κ3) is 2.27. The third-order valence-corrected chi connectivity index (χ3v) is 4.13. The van der Waals surface area contributed by atoms with Crippen LogP contribution in [-0.2, 0) is 23.7 Å². The SMILES string of the molecule is CCOC(=O)C(C)(OC)C1CCC2(C1)OCCO2. The molecule has 0 aromatic rings. The lowest BCUT2D eigenvalue weighted by molar-refractivity contribution is -0.180. The van der Waals surface area contributed by atoms with Gasteiger partial charge in [-0.3, -0.25) is 0 Å². The van der Waals surface area contributed by atoms with Crippen LogP contribution in [0.15, 0.2) is 0 Å². The van der Waals surface area contributed by atoms with Gasteiger partial charge in [0.1, 0.15) is 0 Å². The molecular weight excluding hydrogens is 236 g/mol. The highest BCUT2D eigenvalue weighted by Gasteiger charge is 2.53. The maximum absolute atomic E-state index is 12.1. The molecule has 0 amide bonds. The summed E-state index contributed by atoms with van der Waals surface area (Å²) in [5.74, 6) is -0.719. The lowest BCUT2D eigenvalue weighted by atomic mass is 9.87. The van der Waals surface area contributed by atoms with E-state index in [0.717, 1.165) is 12.8 Å². The Kier molecular flexibility index (Phi) is 3.94. The molecule has 0 aromatic heterocycles. The molecule has 2 rings (SSSR count). The van der Waals surface area contributed by atoms with Crippen LogP contribution in [0.25, 0.3) is 0 Å². The number of carbonyl (C=O) groups excluding carboxylic acids is 1. The zero-order valence-corrected chi connectivity index (χ0v) is 11.4. The summed E-state index contributed by atoms with van der Waals surface area (Å²) in [6.45, 7) is 5.23. The summed E-state index contributed by atoms with van der Waals surface area (Å²) in [5.41, 5.74) is -0.908. The minimum absolute atomic E-state index is 0.0691. The zero-order valence-electron chi connectivity index (χ0n) is 11.4. The van der Waals surface area contributed by atoms with E-state index in [4.69, 9.17) is 18.9 Å². The van der Waals surface area contributed by atoms with Gasteiger partial charge in [0.2, 0.25) is 0 Å². The van der Waals surface area contributed by atoms with Crippen LogP contribution in [0.5, 0.6) is 0 Å². The fourth-order valence-electron chi connectivity index (χ4n) is 2.89. The Morgan fingerprint density at radius 2 is 2.11 bits per heavy atom. The van der Waals surface area contributed by atoms with Gasteiger partial charge in [-0.05, 0) is 20.3 Å². The van der Waals surface area contributed by atoms with E-state index >= 15 is 0 Å². The van der Waals surface area contributed by atoms with Gasteiger partial charge >= 0.3 is 5.97 Å².